The third-order valence-corrected chi connectivity index (χ3v) is 7.36. The standard InChI is InChI=1S/C25H23NO4S/c27-26(28)25(20-10-16-22-12-4-1-5-13-22,21-11-17-23-14-6-2-7-15-23)31(29,30)24-18-8-3-9-19-24/h1-19H,20-21H2/b16-10+,17-11+. The van der Waals surface area contributed by atoms with E-state index in [-0.39, 0.29) is 17.7 Å². The van der Waals surface area contributed by atoms with E-state index < -0.39 is 19.6 Å². The molecule has 0 saturated heterocycles. The van der Waals surface area contributed by atoms with Gasteiger partial charge < -0.3 is 0 Å². The van der Waals surface area contributed by atoms with Crippen LogP contribution in [0.25, 0.3) is 12.2 Å². The fourth-order valence-corrected chi connectivity index (χ4v) is 5.04. The van der Waals surface area contributed by atoms with Gasteiger partial charge in [0.15, 0.2) is 0 Å². The molecule has 158 valence electrons. The van der Waals surface area contributed by atoms with Crippen molar-refractivity contribution in [2.75, 3.05) is 0 Å². The molecule has 31 heavy (non-hydrogen) atoms. The topological polar surface area (TPSA) is 77.3 Å². The monoisotopic (exact) mass is 433 g/mol. The third-order valence-electron chi connectivity index (χ3n) is 4.98. The zero-order valence-corrected chi connectivity index (χ0v) is 17.7. The minimum Gasteiger partial charge on any atom is -0.263 e. The molecule has 0 N–H and O–H groups in total. The second kappa shape index (κ2) is 10.00. The van der Waals surface area contributed by atoms with Crippen LogP contribution in [0.15, 0.2) is 108 Å². The number of nitrogens with zero attached hydrogens (tertiary/aromatic N) is 1. The van der Waals surface area contributed by atoms with Gasteiger partial charge in [0, 0.05) is 4.92 Å². The van der Waals surface area contributed by atoms with Gasteiger partial charge in [-0.25, -0.2) is 8.42 Å². The first-order chi connectivity index (χ1) is 15.0. The Kier molecular flexibility index (Phi) is 7.15. The lowest BCUT2D eigenvalue weighted by atomic mass is 10.1. The molecule has 0 aromatic heterocycles. The molecule has 6 heteroatoms. The summed E-state index contributed by atoms with van der Waals surface area (Å²) < 4.78 is 26.9. The SMILES string of the molecule is O=[N+]([O-])C(C/C=C/c1ccccc1)(C/C=C/c1ccccc1)S(=O)(=O)c1ccccc1. The Morgan fingerprint density at radius 3 is 1.48 bits per heavy atom. The highest BCUT2D eigenvalue weighted by Gasteiger charge is 2.54. The van der Waals surface area contributed by atoms with E-state index in [0.29, 0.717) is 0 Å². The quantitative estimate of drug-likeness (QED) is 0.323. The summed E-state index contributed by atoms with van der Waals surface area (Å²) in [5.74, 6) is 0. The molecule has 0 saturated carbocycles. The van der Waals surface area contributed by atoms with Gasteiger partial charge in [0.2, 0.25) is 9.84 Å². The molecule has 0 amide bonds. The number of benzene rings is 3. The van der Waals surface area contributed by atoms with Crippen molar-refractivity contribution in [3.8, 4) is 0 Å². The Labute approximate surface area is 182 Å². The number of nitro groups is 1. The molecule has 0 aliphatic carbocycles. The highest BCUT2D eigenvalue weighted by atomic mass is 32.2. The summed E-state index contributed by atoms with van der Waals surface area (Å²) >= 11 is 0. The van der Waals surface area contributed by atoms with E-state index in [1.165, 1.54) is 12.1 Å². The predicted octanol–water partition coefficient (Wildman–Crippen LogP) is 5.64. The van der Waals surface area contributed by atoms with E-state index in [0.717, 1.165) is 11.1 Å². The largest absolute Gasteiger partial charge is 0.330 e. The molecule has 0 spiro atoms. The summed E-state index contributed by atoms with van der Waals surface area (Å²) in [5, 5.41) is 12.3. The molecule has 0 bridgehead atoms. The van der Waals surface area contributed by atoms with E-state index in [9.17, 15) is 18.5 Å². The molecule has 3 rings (SSSR count). The van der Waals surface area contributed by atoms with Crippen molar-refractivity contribution in [1.29, 1.82) is 0 Å². The van der Waals surface area contributed by atoms with Gasteiger partial charge in [-0.2, -0.15) is 0 Å². The van der Waals surface area contributed by atoms with Crippen LogP contribution in [0, 0.1) is 10.1 Å². The van der Waals surface area contributed by atoms with E-state index in [2.05, 4.69) is 0 Å². The lowest BCUT2D eigenvalue weighted by Crippen LogP contribution is -2.45. The van der Waals surface area contributed by atoms with Crippen molar-refractivity contribution in [3.63, 3.8) is 0 Å². The van der Waals surface area contributed by atoms with Crippen LogP contribution in [-0.2, 0) is 9.84 Å². The third kappa shape index (κ3) is 5.16. The van der Waals surface area contributed by atoms with Crippen LogP contribution >= 0.6 is 0 Å². The zero-order chi connectivity index (χ0) is 22.2. The van der Waals surface area contributed by atoms with E-state index >= 15 is 0 Å². The zero-order valence-electron chi connectivity index (χ0n) is 16.9. The maximum absolute atomic E-state index is 13.5. The summed E-state index contributed by atoms with van der Waals surface area (Å²) in [5.41, 5.74) is 1.69. The smallest absolute Gasteiger partial charge is 0.263 e. The fraction of sp³-hybridized carbons (Fsp3) is 0.120. The van der Waals surface area contributed by atoms with E-state index in [4.69, 9.17) is 0 Å². The van der Waals surface area contributed by atoms with E-state index in [1.807, 2.05) is 60.7 Å². The molecular weight excluding hydrogens is 410 g/mol. The second-order valence-electron chi connectivity index (χ2n) is 7.05. The van der Waals surface area contributed by atoms with Gasteiger partial charge in [0.1, 0.15) is 0 Å². The van der Waals surface area contributed by atoms with Gasteiger partial charge in [-0.3, -0.25) is 10.1 Å². The molecule has 5 nitrogen and oxygen atoms in total. The lowest BCUT2D eigenvalue weighted by molar-refractivity contribution is -0.539. The number of hydrogen-bond donors (Lipinski definition) is 0. The summed E-state index contributed by atoms with van der Waals surface area (Å²) in [6, 6.07) is 26.2. The first kappa shape index (κ1) is 22.2. The molecular formula is C25H23NO4S. The first-order valence-electron chi connectivity index (χ1n) is 9.83. The lowest BCUT2D eigenvalue weighted by Gasteiger charge is -2.23. The minimum absolute atomic E-state index is 0.0621. The summed E-state index contributed by atoms with van der Waals surface area (Å²) in [4.78, 5) is 9.34. The van der Waals surface area contributed by atoms with E-state index in [1.54, 1.807) is 42.5 Å². The van der Waals surface area contributed by atoms with Crippen molar-refractivity contribution in [3.05, 3.63) is 124 Å². The number of rotatable bonds is 9. The Hall–Kier alpha value is -3.51. The van der Waals surface area contributed by atoms with Crippen LogP contribution in [0.5, 0.6) is 0 Å². The van der Waals surface area contributed by atoms with Crippen molar-refractivity contribution >= 4 is 22.0 Å². The van der Waals surface area contributed by atoms with Gasteiger partial charge in [0.05, 0.1) is 17.7 Å². The van der Waals surface area contributed by atoms with Crippen LogP contribution < -0.4 is 0 Å². The van der Waals surface area contributed by atoms with Gasteiger partial charge in [-0.15, -0.1) is 0 Å². The maximum Gasteiger partial charge on any atom is 0.330 e. The average molecular weight is 434 g/mol. The van der Waals surface area contributed by atoms with Crippen LogP contribution in [-0.4, -0.2) is 18.2 Å². The van der Waals surface area contributed by atoms with Crippen molar-refractivity contribution in [2.45, 2.75) is 22.6 Å². The fourth-order valence-electron chi connectivity index (χ4n) is 3.26. The average Bonchev–Trinajstić information content (AvgIpc) is 2.79. The van der Waals surface area contributed by atoms with Crippen LogP contribution in [0.1, 0.15) is 24.0 Å². The molecule has 3 aromatic carbocycles. The van der Waals surface area contributed by atoms with Crippen LogP contribution in [0.4, 0.5) is 0 Å². The molecule has 0 aliphatic heterocycles. The molecule has 0 radical (unpaired) electrons. The first-order valence-corrected chi connectivity index (χ1v) is 11.3. The van der Waals surface area contributed by atoms with Crippen molar-refractivity contribution in [1.82, 2.24) is 0 Å². The van der Waals surface area contributed by atoms with Gasteiger partial charge in [-0.05, 0) is 23.3 Å². The molecule has 0 unspecified atom stereocenters. The van der Waals surface area contributed by atoms with Gasteiger partial charge >= 0.3 is 4.87 Å². The summed E-state index contributed by atoms with van der Waals surface area (Å²) in [7, 11) is -4.27. The van der Waals surface area contributed by atoms with Crippen LogP contribution in [0.3, 0.4) is 0 Å². The molecule has 0 heterocycles. The predicted molar refractivity (Wildman–Crippen MR) is 124 cm³/mol. The Balaban J connectivity index is 2.00. The highest BCUT2D eigenvalue weighted by Crippen LogP contribution is 2.34. The highest BCUT2D eigenvalue weighted by molar-refractivity contribution is 7.92. The Bertz CT molecular complexity index is 1100. The minimum atomic E-state index is -4.27. The number of sulfone groups is 1. The molecule has 3 aromatic rings. The van der Waals surface area contributed by atoms with Crippen molar-refractivity contribution in [2.24, 2.45) is 0 Å². The Morgan fingerprint density at radius 1 is 0.710 bits per heavy atom. The second-order valence-corrected chi connectivity index (χ2v) is 9.29. The maximum atomic E-state index is 13.5. The molecule has 0 atom stereocenters. The number of hydrogen-bond acceptors (Lipinski definition) is 4. The summed E-state index contributed by atoms with van der Waals surface area (Å²) in [6.45, 7) is 0. The van der Waals surface area contributed by atoms with Gasteiger partial charge in [-0.1, -0.05) is 103 Å². The summed E-state index contributed by atoms with van der Waals surface area (Å²) in [6.07, 6.45) is 6.03. The van der Waals surface area contributed by atoms with Gasteiger partial charge in [0.25, 0.3) is 0 Å². The Morgan fingerprint density at radius 2 is 1.10 bits per heavy atom. The normalized spacial score (nSPS) is 12.4. The van der Waals surface area contributed by atoms with Crippen LogP contribution in [0.2, 0.25) is 0 Å². The molecule has 0 aliphatic rings. The molecule has 0 fully saturated rings. The van der Waals surface area contributed by atoms with Crippen molar-refractivity contribution < 1.29 is 13.3 Å².